The molecule has 1 aliphatic carbocycles. The number of likely N-dealkylation sites (tertiary alicyclic amines) is 1. The van der Waals surface area contributed by atoms with Crippen LogP contribution in [-0.4, -0.2) is 33.6 Å². The van der Waals surface area contributed by atoms with E-state index >= 15 is 0 Å². The highest BCUT2D eigenvalue weighted by molar-refractivity contribution is 5.82. The standard InChI is InChI=1S/C15H23N3O2/c1-11-13(17-20-16-11)10-18-9-5-4-7-14(18)12-6-2-3-8-15(12)19/h12,14H,2-10H2,1H3. The molecule has 2 atom stereocenters. The Morgan fingerprint density at radius 2 is 2.05 bits per heavy atom. The van der Waals surface area contributed by atoms with E-state index in [1.165, 1.54) is 19.3 Å². The van der Waals surface area contributed by atoms with Crippen molar-refractivity contribution >= 4 is 5.78 Å². The smallest absolute Gasteiger partial charge is 0.137 e. The van der Waals surface area contributed by atoms with Crippen LogP contribution >= 0.6 is 0 Å². The monoisotopic (exact) mass is 277 g/mol. The Bertz CT molecular complexity index is 471. The van der Waals surface area contributed by atoms with Crippen LogP contribution in [0.1, 0.15) is 56.3 Å². The van der Waals surface area contributed by atoms with Gasteiger partial charge < -0.3 is 0 Å². The van der Waals surface area contributed by atoms with E-state index in [4.69, 9.17) is 4.63 Å². The molecular weight excluding hydrogens is 254 g/mol. The van der Waals surface area contributed by atoms with Crippen molar-refractivity contribution in [3.8, 4) is 0 Å². The lowest BCUT2D eigenvalue weighted by Gasteiger charge is -2.40. The molecule has 1 aromatic rings. The SMILES string of the molecule is Cc1nonc1CN1CCCCC1C1CCCCC1=O. The molecular formula is C15H23N3O2. The van der Waals surface area contributed by atoms with Crippen molar-refractivity contribution in [2.24, 2.45) is 5.92 Å². The van der Waals surface area contributed by atoms with Crippen LogP contribution in [-0.2, 0) is 11.3 Å². The molecule has 0 aromatic carbocycles. The fourth-order valence-corrected chi connectivity index (χ4v) is 3.67. The highest BCUT2D eigenvalue weighted by atomic mass is 16.6. The lowest BCUT2D eigenvalue weighted by atomic mass is 9.79. The van der Waals surface area contributed by atoms with Gasteiger partial charge in [0.15, 0.2) is 0 Å². The number of aryl methyl sites for hydroxylation is 1. The Morgan fingerprint density at radius 3 is 2.80 bits per heavy atom. The molecule has 110 valence electrons. The molecule has 3 rings (SSSR count). The second-order valence-electron chi connectivity index (χ2n) is 6.15. The summed E-state index contributed by atoms with van der Waals surface area (Å²) in [6.07, 6.45) is 7.71. The molecule has 2 heterocycles. The van der Waals surface area contributed by atoms with Gasteiger partial charge in [-0.25, -0.2) is 4.63 Å². The van der Waals surface area contributed by atoms with Crippen molar-refractivity contribution in [1.82, 2.24) is 15.2 Å². The van der Waals surface area contributed by atoms with E-state index in [0.29, 0.717) is 11.8 Å². The Labute approximate surface area is 119 Å². The van der Waals surface area contributed by atoms with Crippen LogP contribution in [0.3, 0.4) is 0 Å². The largest absolute Gasteiger partial charge is 0.299 e. The number of aromatic nitrogens is 2. The number of Topliss-reactive ketones (excluding diaryl/α,β-unsaturated/α-hetero) is 1. The molecule has 0 N–H and O–H groups in total. The molecule has 0 amide bonds. The van der Waals surface area contributed by atoms with Gasteiger partial charge in [0, 0.05) is 24.9 Å². The molecule has 2 aliphatic rings. The predicted molar refractivity (Wildman–Crippen MR) is 74.0 cm³/mol. The number of hydrogen-bond donors (Lipinski definition) is 0. The first-order valence-corrected chi connectivity index (χ1v) is 7.80. The van der Waals surface area contributed by atoms with Gasteiger partial charge in [0.25, 0.3) is 0 Å². The normalized spacial score (nSPS) is 28.8. The summed E-state index contributed by atoms with van der Waals surface area (Å²) in [5.41, 5.74) is 1.78. The molecule has 2 unspecified atom stereocenters. The van der Waals surface area contributed by atoms with E-state index < -0.39 is 0 Å². The van der Waals surface area contributed by atoms with Gasteiger partial charge in [-0.2, -0.15) is 0 Å². The van der Waals surface area contributed by atoms with E-state index in [9.17, 15) is 4.79 Å². The maximum absolute atomic E-state index is 12.2. The molecule has 0 spiro atoms. The van der Waals surface area contributed by atoms with Crippen molar-refractivity contribution in [3.05, 3.63) is 11.4 Å². The third-order valence-corrected chi connectivity index (χ3v) is 4.83. The predicted octanol–water partition coefficient (Wildman–Crippen LogP) is 2.49. The topological polar surface area (TPSA) is 59.2 Å². The molecule has 1 saturated carbocycles. The molecule has 1 aliphatic heterocycles. The number of nitrogens with zero attached hydrogens (tertiary/aromatic N) is 3. The second kappa shape index (κ2) is 6.04. The number of rotatable bonds is 3. The number of hydrogen-bond acceptors (Lipinski definition) is 5. The molecule has 1 aromatic heterocycles. The summed E-state index contributed by atoms with van der Waals surface area (Å²) in [7, 11) is 0. The fraction of sp³-hybridized carbons (Fsp3) is 0.800. The minimum Gasteiger partial charge on any atom is -0.299 e. The summed E-state index contributed by atoms with van der Waals surface area (Å²) in [4.78, 5) is 14.7. The first-order valence-electron chi connectivity index (χ1n) is 7.80. The lowest BCUT2D eigenvalue weighted by molar-refractivity contribution is -0.127. The quantitative estimate of drug-likeness (QED) is 0.849. The van der Waals surface area contributed by atoms with Crippen LogP contribution in [0.5, 0.6) is 0 Å². The van der Waals surface area contributed by atoms with Crippen LogP contribution in [0.4, 0.5) is 0 Å². The summed E-state index contributed by atoms with van der Waals surface area (Å²) in [6.45, 7) is 3.75. The average molecular weight is 277 g/mol. The Morgan fingerprint density at radius 1 is 1.20 bits per heavy atom. The van der Waals surface area contributed by atoms with Gasteiger partial charge in [-0.15, -0.1) is 0 Å². The van der Waals surface area contributed by atoms with E-state index in [2.05, 4.69) is 15.2 Å². The van der Waals surface area contributed by atoms with E-state index in [0.717, 1.165) is 50.2 Å². The van der Waals surface area contributed by atoms with E-state index in [-0.39, 0.29) is 5.92 Å². The molecule has 20 heavy (non-hydrogen) atoms. The van der Waals surface area contributed by atoms with Crippen LogP contribution in [0.15, 0.2) is 4.63 Å². The van der Waals surface area contributed by atoms with Gasteiger partial charge in [0.1, 0.15) is 17.2 Å². The summed E-state index contributed by atoms with van der Waals surface area (Å²) in [5, 5.41) is 7.85. The maximum atomic E-state index is 12.2. The molecule has 0 radical (unpaired) electrons. The summed E-state index contributed by atoms with van der Waals surface area (Å²) >= 11 is 0. The molecule has 5 nitrogen and oxygen atoms in total. The van der Waals surface area contributed by atoms with Gasteiger partial charge in [0.2, 0.25) is 0 Å². The number of piperidine rings is 1. The van der Waals surface area contributed by atoms with Crippen LogP contribution < -0.4 is 0 Å². The molecule has 1 saturated heterocycles. The van der Waals surface area contributed by atoms with Gasteiger partial charge in [0.05, 0.1) is 0 Å². The zero-order valence-electron chi connectivity index (χ0n) is 12.2. The zero-order chi connectivity index (χ0) is 13.9. The number of carbonyl (C=O) groups excluding carboxylic acids is 1. The van der Waals surface area contributed by atoms with Gasteiger partial charge >= 0.3 is 0 Å². The fourth-order valence-electron chi connectivity index (χ4n) is 3.67. The minimum absolute atomic E-state index is 0.240. The van der Waals surface area contributed by atoms with Crippen LogP contribution in [0.2, 0.25) is 0 Å². The van der Waals surface area contributed by atoms with Crippen molar-refractivity contribution in [2.75, 3.05) is 6.54 Å². The van der Waals surface area contributed by atoms with Crippen LogP contribution in [0, 0.1) is 12.8 Å². The summed E-state index contributed by atoms with van der Waals surface area (Å²) in [5.74, 6) is 0.715. The first kappa shape index (κ1) is 13.7. The highest BCUT2D eigenvalue weighted by Crippen LogP contribution is 2.32. The summed E-state index contributed by atoms with van der Waals surface area (Å²) in [6, 6.07) is 0.396. The van der Waals surface area contributed by atoms with Crippen molar-refractivity contribution in [1.29, 1.82) is 0 Å². The Balaban J connectivity index is 1.73. The van der Waals surface area contributed by atoms with Crippen molar-refractivity contribution in [2.45, 2.75) is 64.5 Å². The molecule has 5 heteroatoms. The average Bonchev–Trinajstić information content (AvgIpc) is 2.86. The zero-order valence-corrected chi connectivity index (χ0v) is 12.2. The van der Waals surface area contributed by atoms with E-state index in [1.54, 1.807) is 0 Å². The first-order chi connectivity index (χ1) is 9.75. The molecule has 2 fully saturated rings. The van der Waals surface area contributed by atoms with E-state index in [1.807, 2.05) is 6.92 Å². The van der Waals surface area contributed by atoms with Gasteiger partial charge in [-0.3, -0.25) is 9.69 Å². The Hall–Kier alpha value is -1.23. The Kier molecular flexibility index (Phi) is 4.15. The van der Waals surface area contributed by atoms with Gasteiger partial charge in [-0.1, -0.05) is 23.2 Å². The minimum atomic E-state index is 0.240. The lowest BCUT2D eigenvalue weighted by Crippen LogP contribution is -2.47. The number of ketones is 1. The summed E-state index contributed by atoms with van der Waals surface area (Å²) < 4.78 is 4.80. The van der Waals surface area contributed by atoms with Crippen molar-refractivity contribution < 1.29 is 9.42 Å². The third kappa shape index (κ3) is 2.77. The number of carbonyl (C=O) groups is 1. The van der Waals surface area contributed by atoms with Crippen molar-refractivity contribution in [3.63, 3.8) is 0 Å². The van der Waals surface area contributed by atoms with Crippen LogP contribution in [0.25, 0.3) is 0 Å². The maximum Gasteiger partial charge on any atom is 0.137 e. The third-order valence-electron chi connectivity index (χ3n) is 4.83. The molecule has 0 bridgehead atoms. The van der Waals surface area contributed by atoms with Gasteiger partial charge in [-0.05, 0) is 39.2 Å². The highest BCUT2D eigenvalue weighted by Gasteiger charge is 2.35. The second-order valence-corrected chi connectivity index (χ2v) is 6.15.